The molecule has 0 atom stereocenters. The molecule has 1 amide bonds. The van der Waals surface area contributed by atoms with E-state index in [2.05, 4.69) is 48.0 Å². The number of amides is 1. The van der Waals surface area contributed by atoms with E-state index in [9.17, 15) is 4.79 Å². The van der Waals surface area contributed by atoms with Crippen molar-refractivity contribution in [2.45, 2.75) is 51.2 Å². The highest BCUT2D eigenvalue weighted by Gasteiger charge is 2.13. The fourth-order valence-electron chi connectivity index (χ4n) is 4.25. The van der Waals surface area contributed by atoms with Gasteiger partial charge in [-0.15, -0.1) is 11.3 Å². The van der Waals surface area contributed by atoms with Crippen LogP contribution in [0.3, 0.4) is 0 Å². The van der Waals surface area contributed by atoms with Crippen LogP contribution in [0.4, 0.5) is 5.69 Å². The van der Waals surface area contributed by atoms with Gasteiger partial charge in [-0.25, -0.2) is 9.97 Å². The lowest BCUT2D eigenvalue weighted by Gasteiger charge is -2.09. The van der Waals surface area contributed by atoms with Crippen molar-refractivity contribution in [2.24, 2.45) is 0 Å². The lowest BCUT2D eigenvalue weighted by atomic mass is 10.2. The molecule has 36 heavy (non-hydrogen) atoms. The predicted octanol–water partition coefficient (Wildman–Crippen LogP) is 7.93. The van der Waals surface area contributed by atoms with Crippen LogP contribution >= 0.6 is 23.1 Å². The Bertz CT molecular complexity index is 1490. The zero-order chi connectivity index (χ0) is 24.9. The fourth-order valence-corrected chi connectivity index (χ4v) is 6.17. The van der Waals surface area contributed by atoms with E-state index in [1.165, 1.54) is 41.3 Å². The lowest BCUT2D eigenvalue weighted by Crippen LogP contribution is -2.14. The van der Waals surface area contributed by atoms with E-state index in [4.69, 9.17) is 9.97 Å². The van der Waals surface area contributed by atoms with Crippen molar-refractivity contribution in [1.29, 1.82) is 0 Å². The van der Waals surface area contributed by atoms with E-state index >= 15 is 0 Å². The van der Waals surface area contributed by atoms with Crippen LogP contribution in [0.2, 0.25) is 0 Å². The van der Waals surface area contributed by atoms with Gasteiger partial charge in [0.05, 0.1) is 27.0 Å². The first-order valence-electron chi connectivity index (χ1n) is 12.5. The van der Waals surface area contributed by atoms with Crippen LogP contribution in [0.1, 0.15) is 38.2 Å². The van der Waals surface area contributed by atoms with Crippen molar-refractivity contribution >= 4 is 55.9 Å². The topological polar surface area (TPSA) is 59.8 Å². The molecule has 0 bridgehead atoms. The van der Waals surface area contributed by atoms with E-state index in [0.717, 1.165) is 50.9 Å². The fraction of sp³-hybridized carbons (Fsp3) is 0.276. The molecule has 1 N–H and O–H groups in total. The predicted molar refractivity (Wildman–Crippen MR) is 153 cm³/mol. The van der Waals surface area contributed by atoms with Crippen molar-refractivity contribution < 1.29 is 4.79 Å². The molecule has 0 saturated carbocycles. The molecule has 0 unspecified atom stereocenters. The molecule has 0 radical (unpaired) electrons. The normalized spacial score (nSPS) is 11.4. The Morgan fingerprint density at radius 1 is 0.972 bits per heavy atom. The van der Waals surface area contributed by atoms with Gasteiger partial charge in [0.25, 0.3) is 0 Å². The van der Waals surface area contributed by atoms with E-state index in [-0.39, 0.29) is 5.91 Å². The number of carbonyl (C=O) groups is 1. The summed E-state index contributed by atoms with van der Waals surface area (Å²) >= 11 is 3.19. The molecule has 0 aliphatic heterocycles. The number of unbranched alkanes of at least 4 members (excludes halogenated alkanes) is 3. The third-order valence-corrected chi connectivity index (χ3v) is 8.19. The molecular weight excluding hydrogens is 484 g/mol. The van der Waals surface area contributed by atoms with Gasteiger partial charge in [-0.1, -0.05) is 56.1 Å². The molecule has 0 saturated heterocycles. The number of anilines is 1. The van der Waals surface area contributed by atoms with Gasteiger partial charge in [0.15, 0.2) is 5.16 Å². The summed E-state index contributed by atoms with van der Waals surface area (Å²) < 4.78 is 3.45. The molecule has 184 valence electrons. The summed E-state index contributed by atoms with van der Waals surface area (Å²) in [6, 6.07) is 22.4. The quantitative estimate of drug-likeness (QED) is 0.152. The molecule has 5 rings (SSSR count). The summed E-state index contributed by atoms with van der Waals surface area (Å²) in [4.78, 5) is 22.3. The molecule has 0 fully saturated rings. The summed E-state index contributed by atoms with van der Waals surface area (Å²) in [5.74, 6) is 0.282. The minimum absolute atomic E-state index is 0.0344. The van der Waals surface area contributed by atoms with Gasteiger partial charge in [-0.2, -0.15) is 0 Å². The van der Waals surface area contributed by atoms with Crippen molar-refractivity contribution in [1.82, 2.24) is 14.5 Å². The molecule has 7 heteroatoms. The van der Waals surface area contributed by atoms with E-state index < -0.39 is 0 Å². The number of nitrogens with zero attached hydrogens (tertiary/aromatic N) is 3. The molecule has 0 aliphatic carbocycles. The number of para-hydroxylation sites is 2. The minimum Gasteiger partial charge on any atom is -0.325 e. The van der Waals surface area contributed by atoms with Gasteiger partial charge in [-0.3, -0.25) is 4.79 Å². The summed E-state index contributed by atoms with van der Waals surface area (Å²) in [5, 5.41) is 4.92. The maximum absolute atomic E-state index is 12.7. The van der Waals surface area contributed by atoms with Gasteiger partial charge in [0.1, 0.15) is 5.01 Å². The Balaban J connectivity index is 1.22. The standard InChI is InChI=1S/C29H30N4OS2/c1-3-4-5-8-17-33-25-10-7-6-9-23(25)32-29(33)35-19-27(34)30-22-14-12-21(13-15-22)28-31-24-16-11-20(2)18-26(24)36-28/h6-7,9-16,18H,3-5,8,17,19H2,1-2H3,(H,30,34). The smallest absolute Gasteiger partial charge is 0.234 e. The number of rotatable bonds is 10. The Morgan fingerprint density at radius 2 is 1.81 bits per heavy atom. The monoisotopic (exact) mass is 514 g/mol. The van der Waals surface area contributed by atoms with Gasteiger partial charge in [-0.05, 0) is 67.4 Å². The summed E-state index contributed by atoms with van der Waals surface area (Å²) in [5.41, 5.74) is 6.22. The third kappa shape index (κ3) is 5.63. The summed E-state index contributed by atoms with van der Waals surface area (Å²) in [6.45, 7) is 5.25. The van der Waals surface area contributed by atoms with Gasteiger partial charge in [0.2, 0.25) is 5.91 Å². The molecular formula is C29H30N4OS2. The molecule has 5 nitrogen and oxygen atoms in total. The number of benzene rings is 3. The zero-order valence-corrected chi connectivity index (χ0v) is 22.3. The maximum Gasteiger partial charge on any atom is 0.234 e. The average molecular weight is 515 g/mol. The SMILES string of the molecule is CCCCCCn1c(SCC(=O)Nc2ccc(-c3nc4ccc(C)cc4s3)cc2)nc2ccccc21. The van der Waals surface area contributed by atoms with Gasteiger partial charge >= 0.3 is 0 Å². The van der Waals surface area contributed by atoms with Crippen LogP contribution in [0, 0.1) is 6.92 Å². The largest absolute Gasteiger partial charge is 0.325 e. The third-order valence-electron chi connectivity index (χ3n) is 6.15. The Hall–Kier alpha value is -3.16. The second kappa shape index (κ2) is 11.3. The lowest BCUT2D eigenvalue weighted by molar-refractivity contribution is -0.113. The van der Waals surface area contributed by atoms with Crippen molar-refractivity contribution in [3.8, 4) is 10.6 Å². The van der Waals surface area contributed by atoms with E-state index in [1.54, 1.807) is 11.3 Å². The molecule has 0 spiro atoms. The second-order valence-electron chi connectivity index (χ2n) is 9.00. The summed E-state index contributed by atoms with van der Waals surface area (Å²) in [6.07, 6.45) is 4.79. The number of hydrogen-bond acceptors (Lipinski definition) is 5. The number of aromatic nitrogens is 3. The van der Waals surface area contributed by atoms with E-state index in [1.807, 2.05) is 42.5 Å². The molecule has 2 heterocycles. The highest BCUT2D eigenvalue weighted by atomic mass is 32.2. The second-order valence-corrected chi connectivity index (χ2v) is 11.0. The number of imidazole rings is 1. The molecule has 2 aromatic heterocycles. The highest BCUT2D eigenvalue weighted by Crippen LogP contribution is 2.31. The number of carbonyl (C=O) groups excluding carboxylic acids is 1. The van der Waals surface area contributed by atoms with Gasteiger partial charge in [0, 0.05) is 17.8 Å². The number of thioether (sulfide) groups is 1. The number of thiazole rings is 1. The average Bonchev–Trinajstić information content (AvgIpc) is 3.47. The number of hydrogen-bond donors (Lipinski definition) is 1. The van der Waals surface area contributed by atoms with Crippen molar-refractivity contribution in [3.63, 3.8) is 0 Å². The van der Waals surface area contributed by atoms with Gasteiger partial charge < -0.3 is 9.88 Å². The first-order valence-corrected chi connectivity index (χ1v) is 14.3. The van der Waals surface area contributed by atoms with Crippen LogP contribution in [0.15, 0.2) is 71.9 Å². The first kappa shape index (κ1) is 24.5. The van der Waals surface area contributed by atoms with Crippen LogP contribution in [-0.2, 0) is 11.3 Å². The Morgan fingerprint density at radius 3 is 2.64 bits per heavy atom. The Labute approximate surface area is 220 Å². The van der Waals surface area contributed by atoms with Crippen LogP contribution < -0.4 is 5.32 Å². The highest BCUT2D eigenvalue weighted by molar-refractivity contribution is 7.99. The molecule has 5 aromatic rings. The van der Waals surface area contributed by atoms with Crippen molar-refractivity contribution in [3.05, 3.63) is 72.3 Å². The van der Waals surface area contributed by atoms with Crippen LogP contribution in [-0.4, -0.2) is 26.2 Å². The summed E-state index contributed by atoms with van der Waals surface area (Å²) in [7, 11) is 0. The zero-order valence-electron chi connectivity index (χ0n) is 20.7. The van der Waals surface area contributed by atoms with Crippen LogP contribution in [0.5, 0.6) is 0 Å². The van der Waals surface area contributed by atoms with Crippen LogP contribution in [0.25, 0.3) is 31.8 Å². The number of nitrogens with one attached hydrogen (secondary N) is 1. The Kier molecular flexibility index (Phi) is 7.68. The maximum atomic E-state index is 12.7. The van der Waals surface area contributed by atoms with E-state index in [0.29, 0.717) is 5.75 Å². The van der Waals surface area contributed by atoms with Crippen molar-refractivity contribution in [2.75, 3.05) is 11.1 Å². The first-order chi connectivity index (χ1) is 17.6. The molecule has 3 aromatic carbocycles. The number of aryl methyl sites for hydroxylation is 2. The molecule has 0 aliphatic rings. The number of fused-ring (bicyclic) bond motifs is 2. The minimum atomic E-state index is -0.0344.